The molecule has 0 aliphatic carbocycles. The van der Waals surface area contributed by atoms with Crippen molar-refractivity contribution in [2.75, 3.05) is 13.1 Å². The zero-order valence-electron chi connectivity index (χ0n) is 14.6. The Bertz CT molecular complexity index is 762. The van der Waals surface area contributed by atoms with Gasteiger partial charge in [-0.25, -0.2) is 0 Å². The van der Waals surface area contributed by atoms with E-state index in [0.717, 1.165) is 37.2 Å². The second kappa shape index (κ2) is 7.62. The maximum absolute atomic E-state index is 12.9. The van der Waals surface area contributed by atoms with Gasteiger partial charge >= 0.3 is 6.18 Å². The summed E-state index contributed by atoms with van der Waals surface area (Å²) >= 11 is 0. The van der Waals surface area contributed by atoms with Crippen molar-refractivity contribution in [1.29, 1.82) is 0 Å². The van der Waals surface area contributed by atoms with E-state index >= 15 is 0 Å². The third-order valence-corrected chi connectivity index (χ3v) is 5.09. The molecule has 1 saturated heterocycles. The number of alkyl halides is 3. The van der Waals surface area contributed by atoms with Crippen LogP contribution in [0.25, 0.3) is 0 Å². The van der Waals surface area contributed by atoms with Crippen LogP contribution in [0, 0.1) is 0 Å². The molecule has 0 bridgehead atoms. The average molecular weight is 361 g/mol. The molecule has 3 rings (SSSR count). The molecule has 1 fully saturated rings. The van der Waals surface area contributed by atoms with Crippen molar-refractivity contribution < 1.29 is 18.0 Å². The van der Waals surface area contributed by atoms with E-state index < -0.39 is 17.7 Å². The van der Waals surface area contributed by atoms with Gasteiger partial charge in [0.1, 0.15) is 5.78 Å². The third kappa shape index (κ3) is 4.33. The largest absolute Gasteiger partial charge is 0.416 e. The van der Waals surface area contributed by atoms with Crippen LogP contribution in [0.5, 0.6) is 0 Å². The Labute approximate surface area is 151 Å². The molecule has 1 aliphatic rings. The molecular formula is C21H22F3NO. The summed E-state index contributed by atoms with van der Waals surface area (Å²) in [5.74, 6) is -0.139. The Hall–Kier alpha value is -2.14. The normalized spacial score (nSPS) is 18.7. The minimum Gasteiger partial charge on any atom is -0.316 e. The summed E-state index contributed by atoms with van der Waals surface area (Å²) in [5.41, 5.74) is 1.84. The van der Waals surface area contributed by atoms with E-state index in [4.69, 9.17) is 0 Å². The van der Waals surface area contributed by atoms with Gasteiger partial charge in [0.25, 0.3) is 0 Å². The molecule has 1 heterocycles. The van der Waals surface area contributed by atoms with Gasteiger partial charge in [-0.1, -0.05) is 49.4 Å². The number of hydrogen-bond acceptors (Lipinski definition) is 2. The highest BCUT2D eigenvalue weighted by Crippen LogP contribution is 2.31. The SMILES string of the molecule is CC(C(=O)Cc1ccc(C2CCNC2)cc1)c1cccc(C(F)(F)F)c1. The molecular weight excluding hydrogens is 339 g/mol. The third-order valence-electron chi connectivity index (χ3n) is 5.09. The van der Waals surface area contributed by atoms with Crippen LogP contribution >= 0.6 is 0 Å². The fraction of sp³-hybridized carbons (Fsp3) is 0.381. The summed E-state index contributed by atoms with van der Waals surface area (Å²) in [4.78, 5) is 12.5. The summed E-state index contributed by atoms with van der Waals surface area (Å²) in [6.45, 7) is 3.67. The number of hydrogen-bond donors (Lipinski definition) is 1. The van der Waals surface area contributed by atoms with E-state index in [9.17, 15) is 18.0 Å². The van der Waals surface area contributed by atoms with Crippen LogP contribution in [0.4, 0.5) is 13.2 Å². The summed E-state index contributed by atoms with van der Waals surface area (Å²) < 4.78 is 38.6. The smallest absolute Gasteiger partial charge is 0.316 e. The van der Waals surface area contributed by atoms with Crippen molar-refractivity contribution in [3.63, 3.8) is 0 Å². The second-order valence-electron chi connectivity index (χ2n) is 6.92. The number of carbonyl (C=O) groups is 1. The molecule has 0 spiro atoms. The lowest BCUT2D eigenvalue weighted by Crippen LogP contribution is -2.14. The molecule has 2 nitrogen and oxygen atoms in total. The Morgan fingerprint density at radius 3 is 2.54 bits per heavy atom. The number of rotatable bonds is 5. The van der Waals surface area contributed by atoms with Gasteiger partial charge in [-0.15, -0.1) is 0 Å². The molecule has 2 atom stereocenters. The van der Waals surface area contributed by atoms with Gasteiger partial charge in [0.2, 0.25) is 0 Å². The lowest BCUT2D eigenvalue weighted by atomic mass is 9.90. The zero-order valence-corrected chi connectivity index (χ0v) is 14.6. The van der Waals surface area contributed by atoms with Gasteiger partial charge in [-0.05, 0) is 41.6 Å². The zero-order chi connectivity index (χ0) is 18.7. The van der Waals surface area contributed by atoms with Crippen LogP contribution < -0.4 is 5.32 Å². The molecule has 0 saturated carbocycles. The Morgan fingerprint density at radius 2 is 1.92 bits per heavy atom. The van der Waals surface area contributed by atoms with Gasteiger partial charge in [-0.3, -0.25) is 4.79 Å². The van der Waals surface area contributed by atoms with Crippen LogP contribution in [-0.4, -0.2) is 18.9 Å². The van der Waals surface area contributed by atoms with Gasteiger partial charge in [0, 0.05) is 18.9 Å². The molecule has 26 heavy (non-hydrogen) atoms. The predicted molar refractivity (Wildman–Crippen MR) is 95.2 cm³/mol. The summed E-state index contributed by atoms with van der Waals surface area (Å²) in [6, 6.07) is 13.0. The standard InChI is InChI=1S/C21H22F3NO/c1-14(17-3-2-4-19(12-17)21(22,23)24)20(26)11-15-5-7-16(8-6-15)18-9-10-25-13-18/h2-8,12,14,18,25H,9-11,13H2,1H3. The maximum atomic E-state index is 12.9. The fourth-order valence-electron chi connectivity index (χ4n) is 3.37. The maximum Gasteiger partial charge on any atom is 0.416 e. The van der Waals surface area contributed by atoms with Crippen molar-refractivity contribution >= 4 is 5.78 Å². The first-order valence-electron chi connectivity index (χ1n) is 8.84. The topological polar surface area (TPSA) is 29.1 Å². The molecule has 1 N–H and O–H groups in total. The van der Waals surface area contributed by atoms with Gasteiger partial charge in [0.15, 0.2) is 0 Å². The predicted octanol–water partition coefficient (Wildman–Crippen LogP) is 4.70. The van der Waals surface area contributed by atoms with Crippen molar-refractivity contribution in [3.05, 3.63) is 70.8 Å². The number of ketones is 1. The van der Waals surface area contributed by atoms with Gasteiger partial charge < -0.3 is 5.32 Å². The van der Waals surface area contributed by atoms with Crippen LogP contribution in [0.15, 0.2) is 48.5 Å². The van der Waals surface area contributed by atoms with Crippen LogP contribution in [0.2, 0.25) is 0 Å². The first-order chi connectivity index (χ1) is 12.3. The van der Waals surface area contributed by atoms with Gasteiger partial charge in [-0.2, -0.15) is 13.2 Å². The van der Waals surface area contributed by atoms with Crippen molar-refractivity contribution in [3.8, 4) is 0 Å². The second-order valence-corrected chi connectivity index (χ2v) is 6.92. The van der Waals surface area contributed by atoms with Gasteiger partial charge in [0.05, 0.1) is 5.56 Å². The highest BCUT2D eigenvalue weighted by molar-refractivity contribution is 5.87. The molecule has 5 heteroatoms. The number of benzene rings is 2. The van der Waals surface area contributed by atoms with Crippen molar-refractivity contribution in [2.45, 2.75) is 37.8 Å². The van der Waals surface area contributed by atoms with E-state index in [2.05, 4.69) is 17.4 Å². The van der Waals surface area contributed by atoms with E-state index in [1.54, 1.807) is 13.0 Å². The Kier molecular flexibility index (Phi) is 5.47. The summed E-state index contributed by atoms with van der Waals surface area (Å²) in [7, 11) is 0. The van der Waals surface area contributed by atoms with E-state index in [-0.39, 0.29) is 12.2 Å². The molecule has 1 aliphatic heterocycles. The Balaban J connectivity index is 1.67. The Morgan fingerprint density at radius 1 is 1.19 bits per heavy atom. The lowest BCUT2D eigenvalue weighted by molar-refractivity contribution is -0.137. The highest BCUT2D eigenvalue weighted by atomic mass is 19.4. The fourth-order valence-corrected chi connectivity index (χ4v) is 3.37. The lowest BCUT2D eigenvalue weighted by Gasteiger charge is -2.14. The number of halogens is 3. The number of nitrogens with one attached hydrogen (secondary N) is 1. The highest BCUT2D eigenvalue weighted by Gasteiger charge is 2.31. The number of carbonyl (C=O) groups excluding carboxylic acids is 1. The van der Waals surface area contributed by atoms with E-state index in [1.165, 1.54) is 11.6 Å². The van der Waals surface area contributed by atoms with Crippen LogP contribution in [0.3, 0.4) is 0 Å². The van der Waals surface area contributed by atoms with E-state index in [1.807, 2.05) is 12.1 Å². The minimum atomic E-state index is -4.40. The first-order valence-corrected chi connectivity index (χ1v) is 8.84. The first kappa shape index (κ1) is 18.6. The minimum absolute atomic E-state index is 0.0837. The molecule has 138 valence electrons. The van der Waals surface area contributed by atoms with Crippen molar-refractivity contribution in [1.82, 2.24) is 5.32 Å². The number of Topliss-reactive ketones (excluding diaryl/α,β-unsaturated/α-hetero) is 1. The molecule has 0 aromatic heterocycles. The molecule has 2 aromatic rings. The van der Waals surface area contributed by atoms with E-state index in [0.29, 0.717) is 11.5 Å². The molecule has 0 radical (unpaired) electrons. The molecule has 2 unspecified atom stereocenters. The monoisotopic (exact) mass is 361 g/mol. The average Bonchev–Trinajstić information content (AvgIpc) is 3.16. The molecule has 0 amide bonds. The summed E-state index contributed by atoms with van der Waals surface area (Å²) in [5, 5.41) is 3.33. The van der Waals surface area contributed by atoms with Crippen molar-refractivity contribution in [2.24, 2.45) is 0 Å². The molecule has 2 aromatic carbocycles. The summed E-state index contributed by atoms with van der Waals surface area (Å²) in [6.07, 6.45) is -3.06. The quantitative estimate of drug-likeness (QED) is 0.837. The van der Waals surface area contributed by atoms with Crippen LogP contribution in [0.1, 0.15) is 47.4 Å². The van der Waals surface area contributed by atoms with Crippen LogP contribution in [-0.2, 0) is 17.4 Å².